The summed E-state index contributed by atoms with van der Waals surface area (Å²) in [6, 6.07) is 7.69. The summed E-state index contributed by atoms with van der Waals surface area (Å²) in [5.41, 5.74) is 7.28. The molecule has 4 heteroatoms. The molecule has 1 aromatic carbocycles. The molecule has 0 aromatic heterocycles. The fraction of sp³-hybridized carbons (Fsp3) is 0.400. The van der Waals surface area contributed by atoms with Crippen molar-refractivity contribution in [2.24, 2.45) is 5.73 Å². The van der Waals surface area contributed by atoms with Crippen LogP contribution in [0.25, 0.3) is 0 Å². The van der Waals surface area contributed by atoms with Crippen LogP contribution in [0.3, 0.4) is 0 Å². The maximum absolute atomic E-state index is 11.6. The average molecular weight is 259 g/mol. The van der Waals surface area contributed by atoms with Gasteiger partial charge >= 0.3 is 6.03 Å². The lowest BCUT2D eigenvalue weighted by Gasteiger charge is -2.16. The van der Waals surface area contributed by atoms with Crippen LogP contribution in [0.4, 0.5) is 4.79 Å². The molecule has 0 spiro atoms. The fourth-order valence-corrected chi connectivity index (χ4v) is 1.59. The van der Waals surface area contributed by atoms with Gasteiger partial charge in [0, 0.05) is 11.6 Å². The Labute approximate surface area is 114 Å². The van der Waals surface area contributed by atoms with Crippen molar-refractivity contribution in [2.45, 2.75) is 32.9 Å². The Morgan fingerprint density at radius 2 is 1.84 bits per heavy atom. The minimum atomic E-state index is -0.158. The van der Waals surface area contributed by atoms with Crippen molar-refractivity contribution in [3.63, 3.8) is 0 Å². The first-order valence-corrected chi connectivity index (χ1v) is 6.39. The molecule has 4 N–H and O–H groups in total. The highest BCUT2D eigenvalue weighted by atomic mass is 16.2. The van der Waals surface area contributed by atoms with Gasteiger partial charge in [-0.1, -0.05) is 24.0 Å². The molecular weight excluding hydrogens is 238 g/mol. The normalized spacial score (nSPS) is 11.4. The molecule has 0 heterocycles. The molecule has 0 saturated carbocycles. The van der Waals surface area contributed by atoms with E-state index in [2.05, 4.69) is 22.5 Å². The van der Waals surface area contributed by atoms with Gasteiger partial charge in [-0.3, -0.25) is 0 Å². The second kappa shape index (κ2) is 7.45. The lowest BCUT2D eigenvalue weighted by Crippen LogP contribution is -2.40. The van der Waals surface area contributed by atoms with Crippen LogP contribution < -0.4 is 16.4 Å². The summed E-state index contributed by atoms with van der Waals surface area (Å²) in [4.78, 5) is 11.6. The lowest BCUT2D eigenvalue weighted by atomic mass is 10.1. The first-order valence-electron chi connectivity index (χ1n) is 6.39. The van der Waals surface area contributed by atoms with E-state index in [-0.39, 0.29) is 18.1 Å². The minimum absolute atomic E-state index is 0.0460. The summed E-state index contributed by atoms with van der Waals surface area (Å²) in [5, 5.41) is 5.68. The van der Waals surface area contributed by atoms with E-state index in [1.165, 1.54) is 0 Å². The van der Waals surface area contributed by atoms with E-state index in [1.807, 2.05) is 45.0 Å². The first-order chi connectivity index (χ1) is 9.02. The molecule has 0 aliphatic carbocycles. The van der Waals surface area contributed by atoms with Crippen molar-refractivity contribution in [3.8, 4) is 11.8 Å². The van der Waals surface area contributed by atoms with Gasteiger partial charge in [-0.15, -0.1) is 0 Å². The molecule has 4 nitrogen and oxygen atoms in total. The second-order valence-electron chi connectivity index (χ2n) is 4.62. The third-order valence-corrected chi connectivity index (χ3v) is 2.51. The van der Waals surface area contributed by atoms with Gasteiger partial charge in [0.05, 0.1) is 12.6 Å². The van der Waals surface area contributed by atoms with Crippen molar-refractivity contribution >= 4 is 6.03 Å². The molecular formula is C15H21N3O. The summed E-state index contributed by atoms with van der Waals surface area (Å²) >= 11 is 0. The number of benzene rings is 1. The molecule has 2 amide bonds. The van der Waals surface area contributed by atoms with Crippen molar-refractivity contribution in [2.75, 3.05) is 6.54 Å². The van der Waals surface area contributed by atoms with Crippen LogP contribution in [0.5, 0.6) is 0 Å². The molecule has 102 valence electrons. The zero-order valence-corrected chi connectivity index (χ0v) is 11.7. The Morgan fingerprint density at radius 3 is 2.37 bits per heavy atom. The Balaban J connectivity index is 2.62. The SMILES string of the molecule is CC(C)NC(=O)NC(C)c1ccc(C#CCN)cc1. The van der Waals surface area contributed by atoms with E-state index in [9.17, 15) is 4.79 Å². The Hall–Kier alpha value is -1.99. The largest absolute Gasteiger partial charge is 0.336 e. The summed E-state index contributed by atoms with van der Waals surface area (Å²) in [5.74, 6) is 5.77. The molecule has 0 aliphatic heterocycles. The molecule has 19 heavy (non-hydrogen) atoms. The highest BCUT2D eigenvalue weighted by molar-refractivity contribution is 5.74. The Morgan fingerprint density at radius 1 is 1.21 bits per heavy atom. The van der Waals surface area contributed by atoms with Gasteiger partial charge in [0.1, 0.15) is 0 Å². The van der Waals surface area contributed by atoms with Crippen LogP contribution in [-0.2, 0) is 0 Å². The predicted octanol–water partition coefficient (Wildman–Crippen LogP) is 1.77. The molecule has 1 aromatic rings. The third-order valence-electron chi connectivity index (χ3n) is 2.51. The lowest BCUT2D eigenvalue weighted by molar-refractivity contribution is 0.235. The number of carbonyl (C=O) groups is 1. The van der Waals surface area contributed by atoms with E-state index in [4.69, 9.17) is 5.73 Å². The van der Waals surface area contributed by atoms with Gasteiger partial charge in [0.15, 0.2) is 0 Å². The molecule has 0 radical (unpaired) electrons. The molecule has 1 unspecified atom stereocenters. The standard InChI is InChI=1S/C15H21N3O/c1-11(2)17-15(19)18-12(3)14-8-6-13(7-9-14)5-4-10-16/h6-9,11-12H,10,16H2,1-3H3,(H2,17,18,19). The quantitative estimate of drug-likeness (QED) is 0.724. The molecule has 1 rings (SSSR count). The number of urea groups is 1. The maximum atomic E-state index is 11.6. The number of rotatable bonds is 3. The van der Waals surface area contributed by atoms with Crippen molar-refractivity contribution in [1.29, 1.82) is 0 Å². The van der Waals surface area contributed by atoms with Gasteiger partial charge in [-0.05, 0) is 38.5 Å². The van der Waals surface area contributed by atoms with Crippen LogP contribution in [-0.4, -0.2) is 18.6 Å². The number of carbonyl (C=O) groups excluding carboxylic acids is 1. The fourth-order valence-electron chi connectivity index (χ4n) is 1.59. The summed E-state index contributed by atoms with van der Waals surface area (Å²) in [6.45, 7) is 6.15. The van der Waals surface area contributed by atoms with Crippen LogP contribution in [0.2, 0.25) is 0 Å². The topological polar surface area (TPSA) is 67.2 Å². The predicted molar refractivity (Wildman–Crippen MR) is 77.6 cm³/mol. The van der Waals surface area contributed by atoms with Gasteiger partial charge in [0.25, 0.3) is 0 Å². The van der Waals surface area contributed by atoms with Gasteiger partial charge in [-0.25, -0.2) is 4.79 Å². The Kier molecular flexibility index (Phi) is 5.91. The van der Waals surface area contributed by atoms with E-state index in [0.29, 0.717) is 6.54 Å². The van der Waals surface area contributed by atoms with E-state index in [1.54, 1.807) is 0 Å². The maximum Gasteiger partial charge on any atom is 0.315 e. The van der Waals surface area contributed by atoms with E-state index < -0.39 is 0 Å². The van der Waals surface area contributed by atoms with Gasteiger partial charge in [0.2, 0.25) is 0 Å². The first kappa shape index (κ1) is 15.1. The third kappa shape index (κ3) is 5.45. The summed E-state index contributed by atoms with van der Waals surface area (Å²) < 4.78 is 0. The monoisotopic (exact) mass is 259 g/mol. The Bertz CT molecular complexity index is 468. The zero-order chi connectivity index (χ0) is 14.3. The average Bonchev–Trinajstić information content (AvgIpc) is 2.35. The van der Waals surface area contributed by atoms with E-state index >= 15 is 0 Å². The smallest absolute Gasteiger partial charge is 0.315 e. The van der Waals surface area contributed by atoms with Gasteiger partial charge < -0.3 is 16.4 Å². The summed E-state index contributed by atoms with van der Waals surface area (Å²) in [6.07, 6.45) is 0. The van der Waals surface area contributed by atoms with E-state index in [0.717, 1.165) is 11.1 Å². The molecule has 0 fully saturated rings. The molecule has 0 aliphatic rings. The molecule has 1 atom stereocenters. The number of hydrogen-bond donors (Lipinski definition) is 3. The highest BCUT2D eigenvalue weighted by Crippen LogP contribution is 2.12. The summed E-state index contributed by atoms with van der Waals surface area (Å²) in [7, 11) is 0. The number of hydrogen-bond acceptors (Lipinski definition) is 2. The van der Waals surface area contributed by atoms with Crippen molar-refractivity contribution in [1.82, 2.24) is 10.6 Å². The van der Waals surface area contributed by atoms with Crippen molar-refractivity contribution < 1.29 is 4.79 Å². The van der Waals surface area contributed by atoms with Crippen LogP contribution >= 0.6 is 0 Å². The van der Waals surface area contributed by atoms with Crippen molar-refractivity contribution in [3.05, 3.63) is 35.4 Å². The van der Waals surface area contributed by atoms with Crippen LogP contribution in [0.15, 0.2) is 24.3 Å². The number of nitrogens with one attached hydrogen (secondary N) is 2. The van der Waals surface area contributed by atoms with Crippen LogP contribution in [0.1, 0.15) is 37.9 Å². The number of amides is 2. The van der Waals surface area contributed by atoms with Gasteiger partial charge in [-0.2, -0.15) is 0 Å². The second-order valence-corrected chi connectivity index (χ2v) is 4.62. The molecule has 0 bridgehead atoms. The molecule has 0 saturated heterocycles. The highest BCUT2D eigenvalue weighted by Gasteiger charge is 2.09. The zero-order valence-electron chi connectivity index (χ0n) is 11.7. The number of nitrogens with two attached hydrogens (primary N) is 1. The van der Waals surface area contributed by atoms with Crippen LogP contribution in [0, 0.1) is 11.8 Å². The minimum Gasteiger partial charge on any atom is -0.336 e.